The number of carboxylic acid groups (broad SMARTS) is 1. The van der Waals surface area contributed by atoms with Crippen molar-refractivity contribution in [3.05, 3.63) is 51.3 Å². The Morgan fingerprint density at radius 1 is 1.44 bits per heavy atom. The summed E-state index contributed by atoms with van der Waals surface area (Å²) in [6, 6.07) is 5.58. The first-order valence-electron chi connectivity index (χ1n) is 4.73. The van der Waals surface area contributed by atoms with Crippen LogP contribution in [0.4, 0.5) is 5.69 Å². The zero-order valence-electron chi connectivity index (χ0n) is 8.78. The van der Waals surface area contributed by atoms with Gasteiger partial charge in [-0.25, -0.2) is 9.48 Å². The summed E-state index contributed by atoms with van der Waals surface area (Å²) in [6.45, 7) is 0. The van der Waals surface area contributed by atoms with E-state index in [1.165, 1.54) is 30.5 Å². The molecule has 0 unspecified atom stereocenters. The van der Waals surface area contributed by atoms with Gasteiger partial charge in [-0.2, -0.15) is 5.10 Å². The van der Waals surface area contributed by atoms with Crippen molar-refractivity contribution in [1.29, 1.82) is 0 Å². The molecule has 0 fully saturated rings. The second-order valence-corrected chi connectivity index (χ2v) is 3.72. The molecule has 0 aliphatic rings. The number of aromatic nitrogens is 2. The number of para-hydroxylation sites is 1. The van der Waals surface area contributed by atoms with Crippen molar-refractivity contribution < 1.29 is 14.8 Å². The van der Waals surface area contributed by atoms with E-state index in [1.807, 2.05) is 0 Å². The third-order valence-electron chi connectivity index (χ3n) is 2.20. The molecule has 0 aliphatic carbocycles. The molecule has 1 aromatic carbocycles. The Morgan fingerprint density at radius 3 is 2.72 bits per heavy atom. The summed E-state index contributed by atoms with van der Waals surface area (Å²) < 4.78 is 1.10. The van der Waals surface area contributed by atoms with Crippen molar-refractivity contribution in [3.8, 4) is 5.69 Å². The number of halogens is 1. The quantitative estimate of drug-likeness (QED) is 0.678. The maximum absolute atomic E-state index is 10.9. The summed E-state index contributed by atoms with van der Waals surface area (Å²) in [5.74, 6) is -1.21. The molecule has 0 saturated carbocycles. The van der Waals surface area contributed by atoms with E-state index in [9.17, 15) is 14.9 Å². The van der Waals surface area contributed by atoms with Crippen LogP contribution in [0.3, 0.4) is 0 Å². The summed E-state index contributed by atoms with van der Waals surface area (Å²) in [6.07, 6.45) is 1.32. The van der Waals surface area contributed by atoms with Crippen LogP contribution in [0.1, 0.15) is 10.5 Å². The molecule has 8 heteroatoms. The first-order chi connectivity index (χ1) is 8.50. The number of benzene rings is 1. The van der Waals surface area contributed by atoms with Gasteiger partial charge >= 0.3 is 11.7 Å². The zero-order chi connectivity index (χ0) is 13.3. The number of carbonyl (C=O) groups is 1. The predicted molar refractivity (Wildman–Crippen MR) is 62.2 cm³/mol. The van der Waals surface area contributed by atoms with Gasteiger partial charge in [0.1, 0.15) is 10.7 Å². The van der Waals surface area contributed by atoms with E-state index in [2.05, 4.69) is 5.10 Å². The van der Waals surface area contributed by atoms with Crippen LogP contribution in [0, 0.1) is 10.1 Å². The van der Waals surface area contributed by atoms with Crippen molar-refractivity contribution >= 4 is 23.3 Å². The summed E-state index contributed by atoms with van der Waals surface area (Å²) in [7, 11) is 0. The first kappa shape index (κ1) is 12.1. The molecule has 0 bridgehead atoms. The average Bonchev–Trinajstić information content (AvgIpc) is 2.77. The number of nitro groups is 1. The second-order valence-electron chi connectivity index (χ2n) is 3.32. The van der Waals surface area contributed by atoms with Crippen LogP contribution in [0.5, 0.6) is 0 Å². The van der Waals surface area contributed by atoms with E-state index in [-0.39, 0.29) is 22.1 Å². The number of nitrogens with zero attached hydrogens (tertiary/aromatic N) is 3. The molecule has 92 valence electrons. The summed E-state index contributed by atoms with van der Waals surface area (Å²) >= 11 is 5.74. The van der Waals surface area contributed by atoms with Crippen molar-refractivity contribution in [1.82, 2.24) is 9.78 Å². The molecular formula is C10H6ClN3O4. The van der Waals surface area contributed by atoms with Crippen LogP contribution >= 0.6 is 11.6 Å². The highest BCUT2D eigenvalue weighted by molar-refractivity contribution is 6.33. The van der Waals surface area contributed by atoms with E-state index >= 15 is 0 Å². The minimum atomic E-state index is -1.21. The standard InChI is InChI=1S/C10H6ClN3O4/c11-6-2-1-3-8(9(6)14(17)18)13-5-4-7(12-13)10(15)16/h1-5H,(H,15,16). The number of hydrogen-bond acceptors (Lipinski definition) is 4. The fourth-order valence-electron chi connectivity index (χ4n) is 1.44. The maximum atomic E-state index is 10.9. The Kier molecular flexibility index (Phi) is 2.99. The zero-order valence-corrected chi connectivity index (χ0v) is 9.53. The molecule has 18 heavy (non-hydrogen) atoms. The van der Waals surface area contributed by atoms with E-state index in [4.69, 9.17) is 16.7 Å². The number of nitro benzene ring substituents is 1. The van der Waals surface area contributed by atoms with E-state index in [0.717, 1.165) is 4.68 Å². The molecular weight excluding hydrogens is 262 g/mol. The van der Waals surface area contributed by atoms with Crippen molar-refractivity contribution in [2.24, 2.45) is 0 Å². The topological polar surface area (TPSA) is 98.3 Å². The first-order valence-corrected chi connectivity index (χ1v) is 5.10. The molecule has 2 aromatic rings. The Morgan fingerprint density at radius 2 is 2.17 bits per heavy atom. The summed E-state index contributed by atoms with van der Waals surface area (Å²) in [5, 5.41) is 23.3. The van der Waals surface area contributed by atoms with Gasteiger partial charge in [-0.3, -0.25) is 10.1 Å². The van der Waals surface area contributed by atoms with Gasteiger partial charge in [0.15, 0.2) is 5.69 Å². The molecule has 0 amide bonds. The Labute approximate surface area is 105 Å². The molecule has 1 heterocycles. The lowest BCUT2D eigenvalue weighted by atomic mass is 10.2. The summed E-state index contributed by atoms with van der Waals surface area (Å²) in [4.78, 5) is 21.0. The van der Waals surface area contributed by atoms with E-state index in [0.29, 0.717) is 0 Å². The predicted octanol–water partition coefficient (Wildman–Crippen LogP) is 2.13. The molecule has 7 nitrogen and oxygen atoms in total. The van der Waals surface area contributed by atoms with Gasteiger partial charge in [0.25, 0.3) is 0 Å². The molecule has 1 aromatic heterocycles. The van der Waals surface area contributed by atoms with Crippen molar-refractivity contribution in [3.63, 3.8) is 0 Å². The van der Waals surface area contributed by atoms with Gasteiger partial charge in [0, 0.05) is 6.20 Å². The highest BCUT2D eigenvalue weighted by Crippen LogP contribution is 2.30. The van der Waals surface area contributed by atoms with Gasteiger partial charge in [-0.05, 0) is 18.2 Å². The minimum Gasteiger partial charge on any atom is -0.476 e. The van der Waals surface area contributed by atoms with Gasteiger partial charge in [-0.1, -0.05) is 17.7 Å². The lowest BCUT2D eigenvalue weighted by molar-refractivity contribution is -0.384. The molecule has 0 saturated heterocycles. The molecule has 0 spiro atoms. The highest BCUT2D eigenvalue weighted by atomic mass is 35.5. The number of rotatable bonds is 3. The highest BCUT2D eigenvalue weighted by Gasteiger charge is 2.21. The van der Waals surface area contributed by atoms with Gasteiger partial charge < -0.3 is 5.11 Å². The van der Waals surface area contributed by atoms with Gasteiger partial charge in [0.05, 0.1) is 4.92 Å². The Balaban J connectivity index is 2.59. The van der Waals surface area contributed by atoms with E-state index in [1.54, 1.807) is 0 Å². The molecule has 0 aliphatic heterocycles. The SMILES string of the molecule is O=C(O)c1ccn(-c2cccc(Cl)c2[N+](=O)[O-])n1. The molecule has 0 atom stereocenters. The van der Waals surface area contributed by atoms with E-state index < -0.39 is 10.9 Å². The lowest BCUT2D eigenvalue weighted by Crippen LogP contribution is -2.04. The summed E-state index contributed by atoms with van der Waals surface area (Å²) in [5.41, 5.74) is -0.413. The third kappa shape index (κ3) is 2.03. The van der Waals surface area contributed by atoms with Crippen LogP contribution in [-0.4, -0.2) is 25.8 Å². The monoisotopic (exact) mass is 267 g/mol. The fourth-order valence-corrected chi connectivity index (χ4v) is 1.68. The van der Waals surface area contributed by atoms with Crippen LogP contribution in [0.2, 0.25) is 5.02 Å². The number of hydrogen-bond donors (Lipinski definition) is 1. The molecule has 2 rings (SSSR count). The van der Waals surface area contributed by atoms with Crippen LogP contribution < -0.4 is 0 Å². The number of carboxylic acids is 1. The Bertz CT molecular complexity index is 638. The van der Waals surface area contributed by atoms with Crippen LogP contribution in [0.15, 0.2) is 30.5 Å². The van der Waals surface area contributed by atoms with Crippen LogP contribution in [0.25, 0.3) is 5.69 Å². The lowest BCUT2D eigenvalue weighted by Gasteiger charge is -2.03. The molecule has 1 N–H and O–H groups in total. The second kappa shape index (κ2) is 4.46. The van der Waals surface area contributed by atoms with Gasteiger partial charge in [0.2, 0.25) is 0 Å². The van der Waals surface area contributed by atoms with Gasteiger partial charge in [-0.15, -0.1) is 0 Å². The fraction of sp³-hybridized carbons (Fsp3) is 0. The van der Waals surface area contributed by atoms with Crippen LogP contribution in [-0.2, 0) is 0 Å². The number of aromatic carboxylic acids is 1. The molecule has 0 radical (unpaired) electrons. The normalized spacial score (nSPS) is 10.3. The third-order valence-corrected chi connectivity index (χ3v) is 2.51. The van der Waals surface area contributed by atoms with Crippen molar-refractivity contribution in [2.45, 2.75) is 0 Å². The van der Waals surface area contributed by atoms with Crippen molar-refractivity contribution in [2.75, 3.05) is 0 Å². The average molecular weight is 268 g/mol. The smallest absolute Gasteiger partial charge is 0.356 e. The Hall–Kier alpha value is -2.41. The minimum absolute atomic E-state index is 0.0372. The maximum Gasteiger partial charge on any atom is 0.356 e. The largest absolute Gasteiger partial charge is 0.476 e.